The molecule has 2 rings (SSSR count). The van der Waals surface area contributed by atoms with Crippen molar-refractivity contribution in [2.24, 2.45) is 0 Å². The fourth-order valence-electron chi connectivity index (χ4n) is 2.19. The summed E-state index contributed by atoms with van der Waals surface area (Å²) in [5.41, 5.74) is 1.62. The predicted octanol–water partition coefficient (Wildman–Crippen LogP) is 3.69. The number of rotatable bonds is 6. The summed E-state index contributed by atoms with van der Waals surface area (Å²) < 4.78 is 24.2. The van der Waals surface area contributed by atoms with Gasteiger partial charge in [-0.3, -0.25) is 0 Å². The largest absolute Gasteiger partial charge is 0.497 e. The summed E-state index contributed by atoms with van der Waals surface area (Å²) in [6.45, 7) is 2.46. The third-order valence-corrected chi connectivity index (χ3v) is 3.46. The zero-order chi connectivity index (χ0) is 15.2. The van der Waals surface area contributed by atoms with Crippen molar-refractivity contribution in [1.82, 2.24) is 5.32 Å². The number of hydrogen-bond acceptors (Lipinski definition) is 3. The monoisotopic (exact) mass is 289 g/mol. The van der Waals surface area contributed by atoms with Gasteiger partial charge in [0, 0.05) is 23.7 Å². The van der Waals surface area contributed by atoms with Gasteiger partial charge in [-0.25, -0.2) is 4.39 Å². The number of methoxy groups -OCH3 is 2. The van der Waals surface area contributed by atoms with E-state index in [1.807, 2.05) is 31.2 Å². The van der Waals surface area contributed by atoms with E-state index in [2.05, 4.69) is 5.32 Å². The molecular formula is C17H20FNO2. The highest BCUT2D eigenvalue weighted by molar-refractivity contribution is 5.42. The van der Waals surface area contributed by atoms with Crippen LogP contribution in [0.25, 0.3) is 0 Å². The smallest absolute Gasteiger partial charge is 0.127 e. The fourth-order valence-corrected chi connectivity index (χ4v) is 2.19. The van der Waals surface area contributed by atoms with Gasteiger partial charge in [0.2, 0.25) is 0 Å². The molecule has 3 nitrogen and oxygen atoms in total. The van der Waals surface area contributed by atoms with Crippen LogP contribution in [0, 0.1) is 5.82 Å². The van der Waals surface area contributed by atoms with E-state index in [9.17, 15) is 4.39 Å². The quantitative estimate of drug-likeness (QED) is 0.879. The molecule has 0 aromatic heterocycles. The van der Waals surface area contributed by atoms with Crippen LogP contribution >= 0.6 is 0 Å². The number of ether oxygens (including phenoxy) is 2. The highest BCUT2D eigenvalue weighted by atomic mass is 19.1. The van der Waals surface area contributed by atoms with Crippen molar-refractivity contribution in [3.63, 3.8) is 0 Å². The topological polar surface area (TPSA) is 30.5 Å². The van der Waals surface area contributed by atoms with Crippen LogP contribution in [0.2, 0.25) is 0 Å². The maximum atomic E-state index is 13.6. The lowest BCUT2D eigenvalue weighted by molar-refractivity contribution is 0.391. The Balaban J connectivity index is 2.13. The van der Waals surface area contributed by atoms with Crippen molar-refractivity contribution >= 4 is 0 Å². The average Bonchev–Trinajstić information content (AvgIpc) is 2.53. The molecule has 0 bridgehead atoms. The molecule has 2 aromatic rings. The van der Waals surface area contributed by atoms with Crippen molar-refractivity contribution < 1.29 is 13.9 Å². The van der Waals surface area contributed by atoms with Crippen LogP contribution in [0.5, 0.6) is 11.5 Å². The molecule has 1 atom stereocenters. The van der Waals surface area contributed by atoms with Crippen molar-refractivity contribution in [2.45, 2.75) is 19.5 Å². The molecule has 2 aromatic carbocycles. The van der Waals surface area contributed by atoms with E-state index in [1.54, 1.807) is 26.4 Å². The van der Waals surface area contributed by atoms with Crippen molar-refractivity contribution in [2.75, 3.05) is 14.2 Å². The number of nitrogens with one attached hydrogen (secondary N) is 1. The lowest BCUT2D eigenvalue weighted by Crippen LogP contribution is -2.19. The Morgan fingerprint density at radius 1 is 1.10 bits per heavy atom. The zero-order valence-electron chi connectivity index (χ0n) is 12.5. The van der Waals surface area contributed by atoms with Gasteiger partial charge in [0.25, 0.3) is 0 Å². The Kier molecular flexibility index (Phi) is 5.17. The van der Waals surface area contributed by atoms with Crippen molar-refractivity contribution in [3.05, 3.63) is 59.4 Å². The molecule has 4 heteroatoms. The van der Waals surface area contributed by atoms with Crippen LogP contribution in [-0.2, 0) is 6.54 Å². The van der Waals surface area contributed by atoms with Crippen molar-refractivity contribution in [3.8, 4) is 11.5 Å². The Bertz CT molecular complexity index is 601. The van der Waals surface area contributed by atoms with Gasteiger partial charge in [-0.1, -0.05) is 18.2 Å². The summed E-state index contributed by atoms with van der Waals surface area (Å²) >= 11 is 0. The first-order valence-electron chi connectivity index (χ1n) is 6.84. The van der Waals surface area contributed by atoms with Gasteiger partial charge in [-0.2, -0.15) is 0 Å². The molecule has 0 amide bonds. The van der Waals surface area contributed by atoms with Gasteiger partial charge in [-0.15, -0.1) is 0 Å². The van der Waals surface area contributed by atoms with E-state index in [0.717, 1.165) is 17.1 Å². The minimum atomic E-state index is -0.199. The third-order valence-electron chi connectivity index (χ3n) is 3.46. The first-order chi connectivity index (χ1) is 10.2. The molecule has 0 spiro atoms. The summed E-state index contributed by atoms with van der Waals surface area (Å²) in [6, 6.07) is 12.4. The van der Waals surface area contributed by atoms with E-state index in [-0.39, 0.29) is 11.9 Å². The van der Waals surface area contributed by atoms with E-state index >= 15 is 0 Å². The van der Waals surface area contributed by atoms with Crippen molar-refractivity contribution in [1.29, 1.82) is 0 Å². The Morgan fingerprint density at radius 3 is 2.52 bits per heavy atom. The summed E-state index contributed by atoms with van der Waals surface area (Å²) in [7, 11) is 3.26. The molecule has 0 fully saturated rings. The second kappa shape index (κ2) is 7.09. The number of hydrogen-bond donors (Lipinski definition) is 1. The van der Waals surface area contributed by atoms with Gasteiger partial charge in [0.05, 0.1) is 14.2 Å². The summed E-state index contributed by atoms with van der Waals surface area (Å²) in [5, 5.41) is 3.31. The van der Waals surface area contributed by atoms with Crippen LogP contribution in [0.4, 0.5) is 4.39 Å². The maximum absolute atomic E-state index is 13.6. The highest BCUT2D eigenvalue weighted by Gasteiger charge is 2.13. The van der Waals surface area contributed by atoms with Gasteiger partial charge < -0.3 is 14.8 Å². The van der Waals surface area contributed by atoms with Gasteiger partial charge in [0.15, 0.2) is 0 Å². The van der Waals surface area contributed by atoms with E-state index < -0.39 is 0 Å². The molecule has 0 aliphatic heterocycles. The van der Waals surface area contributed by atoms with Crippen LogP contribution in [0.3, 0.4) is 0 Å². The molecule has 1 unspecified atom stereocenters. The fraction of sp³-hybridized carbons (Fsp3) is 0.294. The lowest BCUT2D eigenvalue weighted by Gasteiger charge is -2.18. The highest BCUT2D eigenvalue weighted by Crippen LogP contribution is 2.29. The Hall–Kier alpha value is -2.07. The molecule has 1 N–H and O–H groups in total. The van der Waals surface area contributed by atoms with Gasteiger partial charge >= 0.3 is 0 Å². The van der Waals surface area contributed by atoms with Gasteiger partial charge in [0.1, 0.15) is 17.3 Å². The molecule has 0 radical (unpaired) electrons. The first-order valence-corrected chi connectivity index (χ1v) is 6.84. The normalized spacial score (nSPS) is 12.0. The minimum Gasteiger partial charge on any atom is -0.497 e. The molecule has 112 valence electrons. The van der Waals surface area contributed by atoms with Gasteiger partial charge in [-0.05, 0) is 31.2 Å². The van der Waals surface area contributed by atoms with Crippen LogP contribution in [-0.4, -0.2) is 14.2 Å². The first kappa shape index (κ1) is 15.3. The van der Waals surface area contributed by atoms with E-state index in [0.29, 0.717) is 12.1 Å². The average molecular weight is 289 g/mol. The molecule has 0 aliphatic carbocycles. The van der Waals surface area contributed by atoms with E-state index in [1.165, 1.54) is 6.07 Å². The molecule has 0 saturated heterocycles. The summed E-state index contributed by atoms with van der Waals surface area (Å²) in [6.07, 6.45) is 0. The maximum Gasteiger partial charge on any atom is 0.127 e. The standard InChI is InChI=1S/C17H20FNO2/c1-12(19-11-13-6-4-5-7-16(13)18)15-10-14(20-2)8-9-17(15)21-3/h4-10,12,19H,11H2,1-3H3. The Morgan fingerprint density at radius 2 is 1.86 bits per heavy atom. The Labute approximate surface area is 124 Å². The van der Waals surface area contributed by atoms with Crippen LogP contribution < -0.4 is 14.8 Å². The second-order valence-electron chi connectivity index (χ2n) is 4.80. The third kappa shape index (κ3) is 3.73. The number of halogens is 1. The lowest BCUT2D eigenvalue weighted by atomic mass is 10.1. The molecule has 21 heavy (non-hydrogen) atoms. The van der Waals surface area contributed by atoms with Crippen LogP contribution in [0.15, 0.2) is 42.5 Å². The second-order valence-corrected chi connectivity index (χ2v) is 4.80. The molecular weight excluding hydrogens is 269 g/mol. The zero-order valence-corrected chi connectivity index (χ0v) is 12.5. The summed E-state index contributed by atoms with van der Waals surface area (Å²) in [4.78, 5) is 0. The SMILES string of the molecule is COc1ccc(OC)c(C(C)NCc2ccccc2F)c1. The van der Waals surface area contributed by atoms with Crippen LogP contribution in [0.1, 0.15) is 24.1 Å². The number of benzene rings is 2. The van der Waals surface area contributed by atoms with E-state index in [4.69, 9.17) is 9.47 Å². The predicted molar refractivity (Wildman–Crippen MR) is 81.2 cm³/mol. The molecule has 0 saturated carbocycles. The minimum absolute atomic E-state index is 0.00894. The molecule has 0 heterocycles. The summed E-state index contributed by atoms with van der Waals surface area (Å²) in [5.74, 6) is 1.35. The molecule has 0 aliphatic rings.